The first-order valence-corrected chi connectivity index (χ1v) is 8.77. The molecule has 0 bridgehead atoms. The van der Waals surface area contributed by atoms with Crippen LogP contribution in [0.4, 0.5) is 5.69 Å². The van der Waals surface area contributed by atoms with Crippen LogP contribution in [0.25, 0.3) is 0 Å². The quantitative estimate of drug-likeness (QED) is 0.907. The number of halogens is 1. The average molecular weight is 339 g/mol. The van der Waals surface area contributed by atoms with Crippen LogP contribution in [0, 0.1) is 0 Å². The molecule has 5 heteroatoms. The number of likely N-dealkylation sites (N-methyl/N-ethyl adjacent to an activating group) is 1. The molecule has 1 aromatic rings. The molecule has 0 saturated carbocycles. The Morgan fingerprint density at radius 1 is 1.04 bits per heavy atom. The van der Waals surface area contributed by atoms with Crippen LogP contribution in [-0.2, 0) is 6.54 Å². The number of nitrogens with zero attached hydrogens (tertiary/aromatic N) is 3. The van der Waals surface area contributed by atoms with Gasteiger partial charge in [0.05, 0.1) is 0 Å². The second kappa shape index (κ2) is 8.88. The highest BCUT2D eigenvalue weighted by Crippen LogP contribution is 2.23. The normalized spacial score (nSPS) is 23.6. The third-order valence-electron chi connectivity index (χ3n) is 5.00. The molecule has 0 radical (unpaired) electrons. The van der Waals surface area contributed by atoms with E-state index in [9.17, 15) is 0 Å². The van der Waals surface area contributed by atoms with Gasteiger partial charge in [0, 0.05) is 64.1 Å². The molecule has 2 heterocycles. The Morgan fingerprint density at radius 2 is 1.78 bits per heavy atom. The van der Waals surface area contributed by atoms with E-state index in [-0.39, 0.29) is 12.4 Å². The lowest BCUT2D eigenvalue weighted by Gasteiger charge is -2.37. The summed E-state index contributed by atoms with van der Waals surface area (Å²) in [6.45, 7) is 14.9. The van der Waals surface area contributed by atoms with Crippen LogP contribution in [-0.4, -0.2) is 68.2 Å². The van der Waals surface area contributed by atoms with Crippen molar-refractivity contribution >= 4 is 18.1 Å². The zero-order chi connectivity index (χ0) is 15.4. The summed E-state index contributed by atoms with van der Waals surface area (Å²) in [7, 11) is 0. The van der Waals surface area contributed by atoms with Gasteiger partial charge in [-0.15, -0.1) is 12.4 Å². The summed E-state index contributed by atoms with van der Waals surface area (Å²) in [4.78, 5) is 7.70. The Balaban J connectivity index is 0.00000192. The van der Waals surface area contributed by atoms with Gasteiger partial charge in [0.2, 0.25) is 0 Å². The van der Waals surface area contributed by atoms with Crippen LogP contribution < -0.4 is 10.2 Å². The van der Waals surface area contributed by atoms with Gasteiger partial charge in [0.15, 0.2) is 0 Å². The summed E-state index contributed by atoms with van der Waals surface area (Å²) >= 11 is 0. The lowest BCUT2D eigenvalue weighted by molar-refractivity contribution is 0.199. The summed E-state index contributed by atoms with van der Waals surface area (Å²) in [6, 6.07) is 9.60. The molecule has 1 N–H and O–H groups in total. The van der Waals surface area contributed by atoms with Gasteiger partial charge in [-0.3, -0.25) is 4.90 Å². The molecule has 2 fully saturated rings. The third-order valence-corrected chi connectivity index (χ3v) is 5.00. The summed E-state index contributed by atoms with van der Waals surface area (Å²) < 4.78 is 0. The van der Waals surface area contributed by atoms with Gasteiger partial charge in [0.1, 0.15) is 0 Å². The maximum absolute atomic E-state index is 3.53. The van der Waals surface area contributed by atoms with E-state index in [0.717, 1.165) is 39.3 Å². The summed E-state index contributed by atoms with van der Waals surface area (Å²) in [5.41, 5.74) is 2.94. The van der Waals surface area contributed by atoms with Gasteiger partial charge in [-0.05, 0) is 25.1 Å². The molecular weight excluding hydrogens is 308 g/mol. The number of benzene rings is 1. The zero-order valence-electron chi connectivity index (χ0n) is 14.5. The van der Waals surface area contributed by atoms with E-state index in [0.29, 0.717) is 6.04 Å². The highest BCUT2D eigenvalue weighted by Gasteiger charge is 2.20. The van der Waals surface area contributed by atoms with Crippen LogP contribution in [0.15, 0.2) is 24.3 Å². The number of para-hydroxylation sites is 1. The van der Waals surface area contributed by atoms with E-state index in [1.807, 2.05) is 0 Å². The smallest absolute Gasteiger partial charge is 0.0412 e. The summed E-state index contributed by atoms with van der Waals surface area (Å²) in [5, 5.41) is 3.53. The topological polar surface area (TPSA) is 21.8 Å². The highest BCUT2D eigenvalue weighted by atomic mass is 35.5. The summed E-state index contributed by atoms with van der Waals surface area (Å²) in [5.74, 6) is 0. The van der Waals surface area contributed by atoms with Gasteiger partial charge in [-0.25, -0.2) is 0 Å². The largest absolute Gasteiger partial charge is 0.369 e. The predicted octanol–water partition coefficient (Wildman–Crippen LogP) is 2.04. The molecule has 0 amide bonds. The monoisotopic (exact) mass is 338 g/mol. The van der Waals surface area contributed by atoms with Gasteiger partial charge in [-0.1, -0.05) is 25.1 Å². The van der Waals surface area contributed by atoms with E-state index in [4.69, 9.17) is 0 Å². The van der Waals surface area contributed by atoms with Crippen molar-refractivity contribution in [2.24, 2.45) is 0 Å². The van der Waals surface area contributed by atoms with Gasteiger partial charge in [-0.2, -0.15) is 0 Å². The second-order valence-electron chi connectivity index (χ2n) is 6.64. The fourth-order valence-electron chi connectivity index (χ4n) is 3.65. The van der Waals surface area contributed by atoms with E-state index in [1.54, 1.807) is 0 Å². The van der Waals surface area contributed by atoms with Crippen molar-refractivity contribution in [1.29, 1.82) is 0 Å². The molecule has 1 aromatic carbocycles. The number of piperazine rings is 2. The van der Waals surface area contributed by atoms with Crippen molar-refractivity contribution in [3.63, 3.8) is 0 Å². The fourth-order valence-corrected chi connectivity index (χ4v) is 3.65. The maximum Gasteiger partial charge on any atom is 0.0412 e. The Labute approximate surface area is 147 Å². The maximum atomic E-state index is 3.53. The minimum atomic E-state index is 0. The molecule has 23 heavy (non-hydrogen) atoms. The first-order valence-electron chi connectivity index (χ1n) is 8.77. The standard InChI is InChI=1S/C18H30N4.ClH/c1-3-20-10-12-22(13-11-20)18-7-5-4-6-17(18)15-21-9-8-19-16(2)14-21;/h4-7,16,19H,3,8-15H2,1-2H3;1H/t16-;/m0./s1. The number of nitrogens with one attached hydrogen (secondary N) is 1. The Kier molecular flexibility index (Phi) is 7.15. The molecule has 0 unspecified atom stereocenters. The molecule has 0 aromatic heterocycles. The van der Waals surface area contributed by atoms with Gasteiger partial charge < -0.3 is 15.1 Å². The molecule has 1 atom stereocenters. The molecule has 2 aliphatic heterocycles. The number of rotatable bonds is 4. The highest BCUT2D eigenvalue weighted by molar-refractivity contribution is 5.85. The first kappa shape index (κ1) is 18.5. The molecule has 4 nitrogen and oxygen atoms in total. The lowest BCUT2D eigenvalue weighted by Crippen LogP contribution is -2.49. The van der Waals surface area contributed by atoms with Crippen molar-refractivity contribution in [2.45, 2.75) is 26.4 Å². The van der Waals surface area contributed by atoms with E-state index < -0.39 is 0 Å². The number of hydrogen-bond acceptors (Lipinski definition) is 4. The van der Waals surface area contributed by atoms with Crippen LogP contribution in [0.5, 0.6) is 0 Å². The average Bonchev–Trinajstić information content (AvgIpc) is 2.56. The molecular formula is C18H31ClN4. The molecule has 2 aliphatic rings. The van der Waals surface area contributed by atoms with Crippen LogP contribution in [0.3, 0.4) is 0 Å². The van der Waals surface area contributed by atoms with Gasteiger partial charge >= 0.3 is 0 Å². The second-order valence-corrected chi connectivity index (χ2v) is 6.64. The van der Waals surface area contributed by atoms with Crippen LogP contribution >= 0.6 is 12.4 Å². The van der Waals surface area contributed by atoms with Crippen molar-refractivity contribution in [1.82, 2.24) is 15.1 Å². The van der Waals surface area contributed by atoms with E-state index in [2.05, 4.69) is 58.1 Å². The molecule has 130 valence electrons. The molecule has 2 saturated heterocycles. The zero-order valence-corrected chi connectivity index (χ0v) is 15.3. The van der Waals surface area contributed by atoms with E-state index in [1.165, 1.54) is 30.9 Å². The Bertz CT molecular complexity index is 474. The Morgan fingerprint density at radius 3 is 2.48 bits per heavy atom. The van der Waals surface area contributed by atoms with Crippen LogP contribution in [0.2, 0.25) is 0 Å². The van der Waals surface area contributed by atoms with E-state index >= 15 is 0 Å². The number of hydrogen-bond donors (Lipinski definition) is 1. The SMILES string of the molecule is CCN1CCN(c2ccccc2CN2CCN[C@@H](C)C2)CC1.Cl. The van der Waals surface area contributed by atoms with Crippen LogP contribution in [0.1, 0.15) is 19.4 Å². The Hall–Kier alpha value is -0.810. The van der Waals surface area contributed by atoms with Crippen molar-refractivity contribution in [3.05, 3.63) is 29.8 Å². The first-order chi connectivity index (χ1) is 10.8. The molecule has 0 aliphatic carbocycles. The minimum absolute atomic E-state index is 0. The predicted molar refractivity (Wildman–Crippen MR) is 101 cm³/mol. The molecule has 0 spiro atoms. The minimum Gasteiger partial charge on any atom is -0.369 e. The van der Waals surface area contributed by atoms with Crippen molar-refractivity contribution < 1.29 is 0 Å². The molecule has 3 rings (SSSR count). The van der Waals surface area contributed by atoms with Crippen molar-refractivity contribution in [2.75, 3.05) is 57.3 Å². The summed E-state index contributed by atoms with van der Waals surface area (Å²) in [6.07, 6.45) is 0. The lowest BCUT2D eigenvalue weighted by atomic mass is 10.1. The fraction of sp³-hybridized carbons (Fsp3) is 0.667. The third kappa shape index (κ3) is 4.83. The number of anilines is 1. The van der Waals surface area contributed by atoms with Crippen molar-refractivity contribution in [3.8, 4) is 0 Å². The van der Waals surface area contributed by atoms with Gasteiger partial charge in [0.25, 0.3) is 0 Å².